The molecule has 0 aliphatic rings. The average Bonchev–Trinajstić information content (AvgIpc) is 2.79. The highest BCUT2D eigenvalue weighted by Gasteiger charge is 2.04. The van der Waals surface area contributed by atoms with Crippen molar-refractivity contribution in [2.45, 2.75) is 6.54 Å². The van der Waals surface area contributed by atoms with Gasteiger partial charge in [0, 0.05) is 26.2 Å². The summed E-state index contributed by atoms with van der Waals surface area (Å²) in [6.45, 7) is 1.89. The molecule has 2 aromatic heterocycles. The zero-order valence-electron chi connectivity index (χ0n) is 11.0. The first-order chi connectivity index (χ1) is 9.19. The van der Waals surface area contributed by atoms with Crippen molar-refractivity contribution < 1.29 is 0 Å². The molecule has 2 heterocycles. The third-order valence-corrected chi connectivity index (χ3v) is 2.54. The molecule has 2 aromatic rings. The van der Waals surface area contributed by atoms with Crippen molar-refractivity contribution in [3.05, 3.63) is 34.5 Å². The van der Waals surface area contributed by atoms with Crippen LogP contribution in [0.4, 0.5) is 5.69 Å². The first kappa shape index (κ1) is 13.2. The van der Waals surface area contributed by atoms with Crippen molar-refractivity contribution in [2.75, 3.05) is 25.5 Å². The number of nitrogens with zero attached hydrogens (tertiary/aromatic N) is 5. The molecule has 8 nitrogen and oxygen atoms in total. The standard InChI is InChI=1S/C11H17N7O/c1-12-3-4-13-9-5-11(19)18(14-6-9)8-10-7-17(2)16-15-10/h5-7,12-13H,3-4,8H2,1-2H3. The Balaban J connectivity index is 2.04. The highest BCUT2D eigenvalue weighted by atomic mass is 16.1. The molecule has 0 spiro atoms. The summed E-state index contributed by atoms with van der Waals surface area (Å²) < 4.78 is 2.95. The van der Waals surface area contributed by atoms with Gasteiger partial charge < -0.3 is 10.6 Å². The van der Waals surface area contributed by atoms with Gasteiger partial charge in [-0.1, -0.05) is 5.21 Å². The average molecular weight is 263 g/mol. The lowest BCUT2D eigenvalue weighted by molar-refractivity contribution is 0.626. The van der Waals surface area contributed by atoms with Gasteiger partial charge >= 0.3 is 0 Å². The van der Waals surface area contributed by atoms with E-state index in [1.807, 2.05) is 7.05 Å². The van der Waals surface area contributed by atoms with E-state index >= 15 is 0 Å². The van der Waals surface area contributed by atoms with Gasteiger partial charge in [-0.2, -0.15) is 5.10 Å². The molecule has 0 fully saturated rings. The third kappa shape index (κ3) is 3.62. The van der Waals surface area contributed by atoms with Crippen LogP contribution in [0.2, 0.25) is 0 Å². The molecule has 0 aliphatic carbocycles. The second-order valence-electron chi connectivity index (χ2n) is 4.15. The quantitative estimate of drug-likeness (QED) is 0.653. The molecule has 0 aliphatic heterocycles. The van der Waals surface area contributed by atoms with Gasteiger partial charge in [-0.15, -0.1) is 5.10 Å². The van der Waals surface area contributed by atoms with Crippen LogP contribution < -0.4 is 16.2 Å². The predicted octanol–water partition coefficient (Wildman–Crippen LogP) is -0.949. The van der Waals surface area contributed by atoms with E-state index in [1.54, 1.807) is 24.1 Å². The van der Waals surface area contributed by atoms with Gasteiger partial charge in [-0.05, 0) is 7.05 Å². The third-order valence-electron chi connectivity index (χ3n) is 2.54. The summed E-state index contributed by atoms with van der Waals surface area (Å²) in [4.78, 5) is 11.9. The van der Waals surface area contributed by atoms with Gasteiger partial charge in [0.25, 0.3) is 5.56 Å². The number of aromatic nitrogens is 5. The Morgan fingerprint density at radius 2 is 2.21 bits per heavy atom. The van der Waals surface area contributed by atoms with Crippen LogP contribution in [0.25, 0.3) is 0 Å². The first-order valence-electron chi connectivity index (χ1n) is 6.00. The Kier molecular flexibility index (Phi) is 4.24. The fourth-order valence-corrected chi connectivity index (χ4v) is 1.60. The van der Waals surface area contributed by atoms with Crippen molar-refractivity contribution in [2.24, 2.45) is 7.05 Å². The van der Waals surface area contributed by atoms with Crippen molar-refractivity contribution >= 4 is 5.69 Å². The summed E-state index contributed by atoms with van der Waals surface area (Å²) >= 11 is 0. The van der Waals surface area contributed by atoms with Gasteiger partial charge in [-0.25, -0.2) is 4.68 Å². The molecule has 0 saturated carbocycles. The lowest BCUT2D eigenvalue weighted by Gasteiger charge is -2.06. The van der Waals surface area contributed by atoms with E-state index in [0.29, 0.717) is 12.2 Å². The van der Waals surface area contributed by atoms with Gasteiger partial charge in [0.2, 0.25) is 0 Å². The number of hydrogen-bond donors (Lipinski definition) is 2. The minimum absolute atomic E-state index is 0.167. The summed E-state index contributed by atoms with van der Waals surface area (Å²) in [7, 11) is 3.65. The summed E-state index contributed by atoms with van der Waals surface area (Å²) in [5, 5.41) is 18.0. The zero-order chi connectivity index (χ0) is 13.7. The highest BCUT2D eigenvalue weighted by Crippen LogP contribution is 1.99. The van der Waals surface area contributed by atoms with Crippen molar-refractivity contribution in [3.8, 4) is 0 Å². The highest BCUT2D eigenvalue weighted by molar-refractivity contribution is 5.38. The molecule has 0 saturated heterocycles. The first-order valence-corrected chi connectivity index (χ1v) is 6.00. The molecule has 0 amide bonds. The van der Waals surface area contributed by atoms with E-state index in [-0.39, 0.29) is 5.56 Å². The van der Waals surface area contributed by atoms with Crippen LogP contribution >= 0.6 is 0 Å². The van der Waals surface area contributed by atoms with Crippen LogP contribution in [0.5, 0.6) is 0 Å². The Morgan fingerprint density at radius 1 is 1.37 bits per heavy atom. The number of aryl methyl sites for hydroxylation is 1. The van der Waals surface area contributed by atoms with Crippen molar-refractivity contribution in [1.29, 1.82) is 0 Å². The molecule has 0 atom stereocenters. The van der Waals surface area contributed by atoms with Gasteiger partial charge in [0.15, 0.2) is 0 Å². The van der Waals surface area contributed by atoms with Crippen LogP contribution in [0.1, 0.15) is 5.69 Å². The number of rotatable bonds is 6. The monoisotopic (exact) mass is 263 g/mol. The topological polar surface area (TPSA) is 89.7 Å². The lowest BCUT2D eigenvalue weighted by atomic mass is 10.4. The van der Waals surface area contributed by atoms with Gasteiger partial charge in [-0.3, -0.25) is 9.48 Å². The maximum atomic E-state index is 11.9. The van der Waals surface area contributed by atoms with Crippen LogP contribution in [0, 0.1) is 0 Å². The van der Waals surface area contributed by atoms with E-state index in [2.05, 4.69) is 26.0 Å². The summed E-state index contributed by atoms with van der Waals surface area (Å²) in [5.74, 6) is 0. The summed E-state index contributed by atoms with van der Waals surface area (Å²) in [6, 6.07) is 1.53. The SMILES string of the molecule is CNCCNc1cnn(Cc2cn(C)nn2)c(=O)c1. The van der Waals surface area contributed by atoms with Crippen molar-refractivity contribution in [3.63, 3.8) is 0 Å². The van der Waals surface area contributed by atoms with E-state index in [0.717, 1.165) is 18.8 Å². The maximum Gasteiger partial charge on any atom is 0.269 e. The van der Waals surface area contributed by atoms with E-state index in [1.165, 1.54) is 10.7 Å². The molecule has 2 rings (SSSR count). The van der Waals surface area contributed by atoms with E-state index in [4.69, 9.17) is 0 Å². The molecule has 102 valence electrons. The van der Waals surface area contributed by atoms with Crippen LogP contribution in [-0.2, 0) is 13.6 Å². The minimum Gasteiger partial charge on any atom is -0.382 e. The van der Waals surface area contributed by atoms with Crippen LogP contribution in [0.15, 0.2) is 23.3 Å². The molecule has 19 heavy (non-hydrogen) atoms. The maximum absolute atomic E-state index is 11.9. The van der Waals surface area contributed by atoms with Crippen LogP contribution in [0.3, 0.4) is 0 Å². The molecule has 2 N–H and O–H groups in total. The lowest BCUT2D eigenvalue weighted by Crippen LogP contribution is -2.24. The molecular formula is C11H17N7O. The Bertz CT molecular complexity index is 589. The van der Waals surface area contributed by atoms with E-state index in [9.17, 15) is 4.79 Å². The second kappa shape index (κ2) is 6.10. The summed E-state index contributed by atoms with van der Waals surface area (Å²) in [5.41, 5.74) is 1.25. The normalized spacial score (nSPS) is 10.6. The number of likely N-dealkylation sites (N-methyl/N-ethyl adjacent to an activating group) is 1. The predicted molar refractivity (Wildman–Crippen MR) is 71.0 cm³/mol. The molecule has 8 heteroatoms. The Morgan fingerprint density at radius 3 is 2.84 bits per heavy atom. The minimum atomic E-state index is -0.167. The van der Waals surface area contributed by atoms with Gasteiger partial charge in [0.05, 0.1) is 24.6 Å². The number of anilines is 1. The number of nitrogens with one attached hydrogen (secondary N) is 2. The summed E-state index contributed by atoms with van der Waals surface area (Å²) in [6.07, 6.45) is 3.39. The van der Waals surface area contributed by atoms with Gasteiger partial charge in [0.1, 0.15) is 5.69 Å². The van der Waals surface area contributed by atoms with Crippen molar-refractivity contribution in [1.82, 2.24) is 30.1 Å². The molecule has 0 bridgehead atoms. The fourth-order valence-electron chi connectivity index (χ4n) is 1.60. The van der Waals surface area contributed by atoms with Crippen LogP contribution in [-0.4, -0.2) is 44.9 Å². The second-order valence-corrected chi connectivity index (χ2v) is 4.15. The Labute approximate surface area is 110 Å². The molecule has 0 unspecified atom stereocenters. The molecule has 0 radical (unpaired) electrons. The smallest absolute Gasteiger partial charge is 0.269 e. The molecular weight excluding hydrogens is 246 g/mol. The number of hydrogen-bond acceptors (Lipinski definition) is 6. The fraction of sp³-hybridized carbons (Fsp3) is 0.455. The van der Waals surface area contributed by atoms with E-state index < -0.39 is 0 Å². The molecule has 0 aromatic carbocycles. The zero-order valence-corrected chi connectivity index (χ0v) is 11.0. The largest absolute Gasteiger partial charge is 0.382 e. The Hall–Kier alpha value is -2.22.